The van der Waals surface area contributed by atoms with Crippen molar-refractivity contribution in [3.63, 3.8) is 0 Å². The summed E-state index contributed by atoms with van der Waals surface area (Å²) in [5.41, 5.74) is 0.503. The number of hydrogen-bond acceptors (Lipinski definition) is 4. The molecule has 0 spiro atoms. The van der Waals surface area contributed by atoms with Gasteiger partial charge in [0.05, 0.1) is 12.7 Å². The van der Waals surface area contributed by atoms with Gasteiger partial charge in [-0.2, -0.15) is 0 Å². The van der Waals surface area contributed by atoms with Crippen LogP contribution >= 0.6 is 0 Å². The first-order chi connectivity index (χ1) is 9.07. The molecule has 1 unspecified atom stereocenters. The number of nitrogens with one attached hydrogen (secondary N) is 1. The minimum atomic E-state index is 0.358. The average molecular weight is 269 g/mol. The predicted molar refractivity (Wildman–Crippen MR) is 79.6 cm³/mol. The van der Waals surface area contributed by atoms with Gasteiger partial charge in [0.15, 0.2) is 0 Å². The third-order valence-corrected chi connectivity index (χ3v) is 4.39. The lowest BCUT2D eigenvalue weighted by atomic mass is 9.89. The molecule has 1 atom stereocenters. The van der Waals surface area contributed by atoms with Crippen LogP contribution in [-0.2, 0) is 4.74 Å². The topological polar surface area (TPSA) is 27.7 Å². The summed E-state index contributed by atoms with van der Waals surface area (Å²) in [6.45, 7) is 17.1. The van der Waals surface area contributed by atoms with E-state index in [0.717, 1.165) is 13.2 Å². The summed E-state index contributed by atoms with van der Waals surface area (Å²) in [7, 11) is 0. The van der Waals surface area contributed by atoms with Crippen LogP contribution in [0, 0.1) is 5.41 Å². The second kappa shape index (κ2) is 7.02. The Kier molecular flexibility index (Phi) is 5.63. The fourth-order valence-corrected chi connectivity index (χ4v) is 3.13. The van der Waals surface area contributed by atoms with Gasteiger partial charge in [0, 0.05) is 45.8 Å². The quantitative estimate of drug-likeness (QED) is 0.779. The molecule has 0 aliphatic carbocycles. The summed E-state index contributed by atoms with van der Waals surface area (Å²) in [4.78, 5) is 5.18. The van der Waals surface area contributed by atoms with Gasteiger partial charge in [0.25, 0.3) is 0 Å². The summed E-state index contributed by atoms with van der Waals surface area (Å²) in [6.07, 6.45) is 1.69. The molecule has 0 amide bonds. The largest absolute Gasteiger partial charge is 0.377 e. The summed E-state index contributed by atoms with van der Waals surface area (Å²) >= 11 is 0. The van der Waals surface area contributed by atoms with Gasteiger partial charge in [0.2, 0.25) is 0 Å². The smallest absolute Gasteiger partial charge is 0.0596 e. The number of rotatable bonds is 6. The van der Waals surface area contributed by atoms with Crippen molar-refractivity contribution in [1.29, 1.82) is 0 Å². The molecule has 19 heavy (non-hydrogen) atoms. The maximum absolute atomic E-state index is 5.63. The Labute approximate surface area is 118 Å². The molecule has 2 aliphatic rings. The molecule has 112 valence electrons. The summed E-state index contributed by atoms with van der Waals surface area (Å²) in [6, 6.07) is 0. The molecular weight excluding hydrogens is 238 g/mol. The first-order valence-corrected chi connectivity index (χ1v) is 7.84. The minimum absolute atomic E-state index is 0.358. The molecule has 4 nitrogen and oxygen atoms in total. The highest BCUT2D eigenvalue weighted by atomic mass is 16.5. The van der Waals surface area contributed by atoms with E-state index in [9.17, 15) is 0 Å². The maximum Gasteiger partial charge on any atom is 0.0596 e. The van der Waals surface area contributed by atoms with E-state index < -0.39 is 0 Å². The van der Waals surface area contributed by atoms with E-state index in [-0.39, 0.29) is 0 Å². The molecule has 0 aromatic rings. The normalized spacial score (nSPS) is 30.3. The SMILES string of the molecule is CC(C)OCCN1CCN(CC2(C)CCNC2)CC1. The van der Waals surface area contributed by atoms with E-state index in [2.05, 4.69) is 35.9 Å². The zero-order valence-electron chi connectivity index (χ0n) is 13.0. The Morgan fingerprint density at radius 1 is 1.16 bits per heavy atom. The number of ether oxygens (including phenoxy) is 1. The van der Waals surface area contributed by atoms with Crippen molar-refractivity contribution in [2.45, 2.75) is 33.3 Å². The number of piperazine rings is 1. The lowest BCUT2D eigenvalue weighted by Crippen LogP contribution is -2.50. The Balaban J connectivity index is 1.62. The third kappa shape index (κ3) is 5.03. The second-order valence-electron chi connectivity index (χ2n) is 6.77. The molecule has 2 heterocycles. The molecule has 0 aromatic carbocycles. The summed E-state index contributed by atoms with van der Waals surface area (Å²) in [5.74, 6) is 0. The standard InChI is InChI=1S/C15H31N3O/c1-14(2)19-11-10-17-6-8-18(9-7-17)13-15(3)4-5-16-12-15/h14,16H,4-13H2,1-3H3. The minimum Gasteiger partial charge on any atom is -0.377 e. The molecule has 0 aromatic heterocycles. The summed E-state index contributed by atoms with van der Waals surface area (Å²) < 4.78 is 5.63. The average Bonchev–Trinajstić information content (AvgIpc) is 2.78. The first kappa shape index (κ1) is 15.2. The van der Waals surface area contributed by atoms with Gasteiger partial charge < -0.3 is 15.0 Å². The monoisotopic (exact) mass is 269 g/mol. The number of hydrogen-bond donors (Lipinski definition) is 1. The van der Waals surface area contributed by atoms with E-state index in [1.165, 1.54) is 52.2 Å². The highest BCUT2D eigenvalue weighted by molar-refractivity contribution is 4.88. The molecule has 2 saturated heterocycles. The Morgan fingerprint density at radius 2 is 1.84 bits per heavy atom. The van der Waals surface area contributed by atoms with Gasteiger partial charge >= 0.3 is 0 Å². The molecule has 2 fully saturated rings. The van der Waals surface area contributed by atoms with E-state index in [1.54, 1.807) is 0 Å². The van der Waals surface area contributed by atoms with Gasteiger partial charge in [0.1, 0.15) is 0 Å². The highest BCUT2D eigenvalue weighted by Crippen LogP contribution is 2.26. The fraction of sp³-hybridized carbons (Fsp3) is 1.00. The van der Waals surface area contributed by atoms with Crippen LogP contribution in [0.4, 0.5) is 0 Å². The van der Waals surface area contributed by atoms with Crippen molar-refractivity contribution in [3.05, 3.63) is 0 Å². The van der Waals surface area contributed by atoms with Crippen LogP contribution < -0.4 is 5.32 Å². The van der Waals surface area contributed by atoms with Crippen molar-refractivity contribution < 1.29 is 4.74 Å². The fourth-order valence-electron chi connectivity index (χ4n) is 3.13. The van der Waals surface area contributed by atoms with Crippen molar-refractivity contribution in [2.75, 3.05) is 59.0 Å². The van der Waals surface area contributed by atoms with Gasteiger partial charge in [-0.1, -0.05) is 6.92 Å². The second-order valence-corrected chi connectivity index (χ2v) is 6.77. The van der Waals surface area contributed by atoms with Crippen molar-refractivity contribution in [3.8, 4) is 0 Å². The zero-order chi connectivity index (χ0) is 13.7. The molecule has 2 rings (SSSR count). The van der Waals surface area contributed by atoms with Crippen molar-refractivity contribution >= 4 is 0 Å². The summed E-state index contributed by atoms with van der Waals surface area (Å²) in [5, 5.41) is 3.50. The molecule has 1 N–H and O–H groups in total. The molecule has 0 saturated carbocycles. The maximum atomic E-state index is 5.63. The van der Waals surface area contributed by atoms with Gasteiger partial charge in [-0.05, 0) is 32.2 Å². The van der Waals surface area contributed by atoms with Crippen molar-refractivity contribution in [2.24, 2.45) is 5.41 Å². The molecule has 4 heteroatoms. The molecule has 0 radical (unpaired) electrons. The van der Waals surface area contributed by atoms with Crippen LogP contribution in [-0.4, -0.2) is 74.9 Å². The van der Waals surface area contributed by atoms with E-state index >= 15 is 0 Å². The van der Waals surface area contributed by atoms with Crippen LogP contribution in [0.5, 0.6) is 0 Å². The third-order valence-electron chi connectivity index (χ3n) is 4.39. The number of nitrogens with zero attached hydrogens (tertiary/aromatic N) is 2. The van der Waals surface area contributed by atoms with Gasteiger partial charge in [-0.25, -0.2) is 0 Å². The lowest BCUT2D eigenvalue weighted by molar-refractivity contribution is 0.0390. The molecular formula is C15H31N3O. The first-order valence-electron chi connectivity index (χ1n) is 7.84. The zero-order valence-corrected chi connectivity index (χ0v) is 13.0. The molecule has 0 bridgehead atoms. The van der Waals surface area contributed by atoms with E-state index in [4.69, 9.17) is 4.74 Å². The lowest BCUT2D eigenvalue weighted by Gasteiger charge is -2.38. The van der Waals surface area contributed by atoms with Gasteiger partial charge in [-0.15, -0.1) is 0 Å². The predicted octanol–water partition coefficient (Wildman–Crippen LogP) is 1.03. The van der Waals surface area contributed by atoms with Crippen LogP contribution in [0.1, 0.15) is 27.2 Å². The Bertz CT molecular complexity index is 256. The van der Waals surface area contributed by atoms with Crippen LogP contribution in [0.3, 0.4) is 0 Å². The Morgan fingerprint density at radius 3 is 2.42 bits per heavy atom. The van der Waals surface area contributed by atoms with Crippen molar-refractivity contribution in [1.82, 2.24) is 15.1 Å². The van der Waals surface area contributed by atoms with Gasteiger partial charge in [-0.3, -0.25) is 4.90 Å². The van der Waals surface area contributed by atoms with Crippen LogP contribution in [0.2, 0.25) is 0 Å². The van der Waals surface area contributed by atoms with E-state index in [0.29, 0.717) is 11.5 Å². The Hall–Kier alpha value is -0.160. The van der Waals surface area contributed by atoms with Crippen LogP contribution in [0.25, 0.3) is 0 Å². The molecule has 2 aliphatic heterocycles. The van der Waals surface area contributed by atoms with Crippen LogP contribution in [0.15, 0.2) is 0 Å². The highest BCUT2D eigenvalue weighted by Gasteiger charge is 2.31. The van der Waals surface area contributed by atoms with E-state index in [1.807, 2.05) is 0 Å².